The molecule has 6 rings (SSSR count). The molecule has 0 aliphatic heterocycles. The zero-order valence-corrected chi connectivity index (χ0v) is 48.4. The van der Waals surface area contributed by atoms with E-state index in [4.69, 9.17) is 15.3 Å². The normalized spacial score (nSPS) is 10.5. The minimum Gasteiger partial charge on any atom is -0.394 e. The third kappa shape index (κ3) is 33.4. The van der Waals surface area contributed by atoms with Crippen molar-refractivity contribution < 1.29 is 35.4 Å². The Balaban J connectivity index is 0.000000513. The Labute approximate surface area is 462 Å². The van der Waals surface area contributed by atoms with Crippen molar-refractivity contribution in [1.82, 2.24) is 30.6 Å². The van der Waals surface area contributed by atoms with E-state index in [1.807, 2.05) is 80.0 Å². The van der Waals surface area contributed by atoms with Gasteiger partial charge in [-0.2, -0.15) is 0 Å². The second-order valence-corrected chi connectivity index (χ2v) is 18.9. The van der Waals surface area contributed by atoms with Gasteiger partial charge in [0.05, 0.1) is 25.4 Å². The zero-order chi connectivity index (χ0) is 52.7. The van der Waals surface area contributed by atoms with Gasteiger partial charge >= 0.3 is 0 Å². The van der Waals surface area contributed by atoms with Crippen molar-refractivity contribution in [1.29, 1.82) is 0 Å². The van der Waals surface area contributed by atoms with Gasteiger partial charge in [0.2, 0.25) is 0 Å². The number of nitrogens with zero attached hydrogens (tertiary/aromatic N) is 4. The Hall–Kier alpha value is -4.51. The van der Waals surface area contributed by atoms with Crippen molar-refractivity contribution >= 4 is 0 Å². The van der Waals surface area contributed by atoms with Crippen LogP contribution in [0.1, 0.15) is 172 Å². The molecule has 74 heavy (non-hydrogen) atoms. The van der Waals surface area contributed by atoms with Crippen molar-refractivity contribution in [2.75, 3.05) is 26.4 Å². The molecule has 0 saturated heterocycles. The van der Waals surface area contributed by atoms with E-state index in [9.17, 15) is 0 Å². The monoisotopic (exact) mass is 1190 g/mol. The van der Waals surface area contributed by atoms with E-state index >= 15 is 0 Å². The van der Waals surface area contributed by atoms with Gasteiger partial charge in [0, 0.05) is 63.8 Å². The summed E-state index contributed by atoms with van der Waals surface area (Å²) in [6.45, 7) is 12.4. The maximum Gasteiger partial charge on any atom is 0.0884 e. The van der Waals surface area contributed by atoms with Gasteiger partial charge in [-0.05, 0) is 85.3 Å². The van der Waals surface area contributed by atoms with Gasteiger partial charge in [-0.3, -0.25) is 9.97 Å². The summed E-state index contributed by atoms with van der Waals surface area (Å²) in [5, 5.41) is 33.6. The summed E-state index contributed by atoms with van der Waals surface area (Å²) < 4.78 is 0. The number of hydrogen-bond acceptors (Lipinski definition) is 9. The third-order valence-electron chi connectivity index (χ3n) is 12.2. The standard InChI is InChI=1S/C23H32N.C22H31N2.C10H16N2O3.C6H7N.C3H8.Ir/c1-2-3-4-5-6-7-8-9-10-11-14-21-16-18-22(19-17-21)23-15-12-13-20-24-23;1-2-3-4-5-6-7-8-10-17-23-19-20-13-15-21(16-14-20)22-12-9-11-18-24-22;13-6-10(7-14,8-15)12-5-9-1-3-11-4-2-9;1-6-2-4-7-5-3-6;1-3-2;/h12-13,15-18,20H,2-11,14H2,1H3;9,11-15,18,23H,2-8,10,17,19H2,1H3;1-4,12-15H,5-8H2;2-5H,1H3;3H2,1-2H3;/q2*-1;;;;. The first-order chi connectivity index (χ1) is 35.9. The summed E-state index contributed by atoms with van der Waals surface area (Å²) in [5.74, 6) is 0. The molecule has 4 heterocycles. The van der Waals surface area contributed by atoms with E-state index in [0.29, 0.717) is 6.54 Å². The van der Waals surface area contributed by atoms with Crippen molar-refractivity contribution in [3.05, 3.63) is 169 Å². The summed E-state index contributed by atoms with van der Waals surface area (Å²) in [6, 6.07) is 39.1. The molecule has 9 nitrogen and oxygen atoms in total. The van der Waals surface area contributed by atoms with Crippen LogP contribution in [0.4, 0.5) is 0 Å². The number of aliphatic hydroxyl groups is 3. The Morgan fingerprint density at radius 1 is 0.459 bits per heavy atom. The van der Waals surface area contributed by atoms with Gasteiger partial charge in [0.15, 0.2) is 0 Å². The molecule has 0 aliphatic carbocycles. The molecule has 0 fully saturated rings. The summed E-state index contributed by atoms with van der Waals surface area (Å²) >= 11 is 0. The molecule has 0 aliphatic rings. The van der Waals surface area contributed by atoms with Crippen LogP contribution in [0.5, 0.6) is 0 Å². The zero-order valence-electron chi connectivity index (χ0n) is 46.1. The Morgan fingerprint density at radius 3 is 1.28 bits per heavy atom. The molecule has 10 heteroatoms. The number of nitrogens with one attached hydrogen (secondary N) is 2. The van der Waals surface area contributed by atoms with Crippen LogP contribution >= 0.6 is 0 Å². The van der Waals surface area contributed by atoms with E-state index in [-0.39, 0.29) is 39.9 Å². The number of benzene rings is 2. The minimum absolute atomic E-state index is 0. The molecule has 0 saturated carbocycles. The van der Waals surface area contributed by atoms with Crippen LogP contribution in [-0.2, 0) is 39.6 Å². The number of hydrogen-bond donors (Lipinski definition) is 5. The number of unbranched alkanes of at least 4 members (excludes halogenated alkanes) is 16. The van der Waals surface area contributed by atoms with Gasteiger partial charge in [0.25, 0.3) is 0 Å². The molecule has 0 unspecified atom stereocenters. The van der Waals surface area contributed by atoms with E-state index < -0.39 is 5.54 Å². The van der Waals surface area contributed by atoms with Crippen LogP contribution in [0.15, 0.2) is 134 Å². The summed E-state index contributed by atoms with van der Waals surface area (Å²) in [6.07, 6.45) is 37.9. The fourth-order valence-corrected chi connectivity index (χ4v) is 7.51. The Kier molecular flexibility index (Phi) is 42.9. The van der Waals surface area contributed by atoms with Crippen LogP contribution in [0.2, 0.25) is 0 Å². The maximum atomic E-state index is 9.06. The molecule has 0 bridgehead atoms. The van der Waals surface area contributed by atoms with Crippen LogP contribution < -0.4 is 10.6 Å². The average molecular weight is 1190 g/mol. The number of aromatic nitrogens is 4. The number of aryl methyl sites for hydroxylation is 2. The van der Waals surface area contributed by atoms with E-state index in [2.05, 4.69) is 107 Å². The van der Waals surface area contributed by atoms with Crippen LogP contribution in [0.3, 0.4) is 0 Å². The molecule has 0 spiro atoms. The first kappa shape index (κ1) is 67.5. The molecule has 6 aromatic rings. The van der Waals surface area contributed by atoms with Crippen molar-refractivity contribution in [3.63, 3.8) is 0 Å². The van der Waals surface area contributed by atoms with Gasteiger partial charge < -0.3 is 35.9 Å². The first-order valence-electron chi connectivity index (χ1n) is 27.7. The predicted octanol–water partition coefficient (Wildman–Crippen LogP) is 14.5. The van der Waals surface area contributed by atoms with Gasteiger partial charge in [-0.1, -0.05) is 174 Å². The Morgan fingerprint density at radius 2 is 0.892 bits per heavy atom. The SMILES string of the molecule is CCC.CCCCCCCCCCCCc1c[c-]c(-c2ccccn2)cc1.CCCCCCCCCCNCc1c[c-]c(-c2ccccn2)cc1.Cc1ccncc1.OCC(CO)(CO)NCc1ccncc1.[Ir]. The van der Waals surface area contributed by atoms with Crippen molar-refractivity contribution in [2.45, 2.75) is 182 Å². The minimum atomic E-state index is -1.02. The van der Waals surface area contributed by atoms with Crippen LogP contribution in [0, 0.1) is 19.1 Å². The average Bonchev–Trinajstić information content (AvgIpc) is 3.44. The van der Waals surface area contributed by atoms with Crippen molar-refractivity contribution in [2.24, 2.45) is 0 Å². The maximum absolute atomic E-state index is 9.06. The van der Waals surface area contributed by atoms with Crippen molar-refractivity contribution in [3.8, 4) is 22.5 Å². The molecule has 409 valence electrons. The molecular weight excluding hydrogens is 1090 g/mol. The van der Waals surface area contributed by atoms with Gasteiger partial charge in [-0.15, -0.1) is 70.8 Å². The predicted molar refractivity (Wildman–Crippen MR) is 307 cm³/mol. The second kappa shape index (κ2) is 47.0. The Bertz CT molecular complexity index is 1970. The van der Waals surface area contributed by atoms with Gasteiger partial charge in [-0.25, -0.2) is 0 Å². The quantitative estimate of drug-likeness (QED) is 0.0221. The van der Waals surface area contributed by atoms with E-state index in [1.54, 1.807) is 24.8 Å². The first-order valence-corrected chi connectivity index (χ1v) is 27.7. The molecular formula is C64H94IrN6O3-2. The molecule has 4 aromatic heterocycles. The number of rotatable bonds is 30. The molecule has 0 atom stereocenters. The fourth-order valence-electron chi connectivity index (χ4n) is 7.51. The van der Waals surface area contributed by atoms with E-state index in [0.717, 1.165) is 41.2 Å². The largest absolute Gasteiger partial charge is 0.394 e. The topological polar surface area (TPSA) is 136 Å². The second-order valence-electron chi connectivity index (χ2n) is 18.9. The molecule has 5 N–H and O–H groups in total. The molecule has 1 radical (unpaired) electrons. The number of aliphatic hydroxyl groups excluding tert-OH is 3. The van der Waals surface area contributed by atoms with Crippen LogP contribution in [0.25, 0.3) is 22.5 Å². The van der Waals surface area contributed by atoms with E-state index in [1.165, 1.54) is 145 Å². The summed E-state index contributed by atoms with van der Waals surface area (Å²) in [5.41, 5.74) is 8.02. The molecule has 0 amide bonds. The summed E-state index contributed by atoms with van der Waals surface area (Å²) in [7, 11) is 0. The fraction of sp³-hybridized carbons (Fsp3) is 0.500. The third-order valence-corrected chi connectivity index (χ3v) is 12.2. The smallest absolute Gasteiger partial charge is 0.0884 e. The molecule has 2 aromatic carbocycles. The van der Waals surface area contributed by atoms with Gasteiger partial charge in [0.1, 0.15) is 0 Å². The summed E-state index contributed by atoms with van der Waals surface area (Å²) in [4.78, 5) is 16.5. The number of pyridine rings is 4. The van der Waals surface area contributed by atoms with Crippen LogP contribution in [-0.4, -0.2) is 67.2 Å².